The predicted octanol–water partition coefficient (Wildman–Crippen LogP) is 3.57. The van der Waals surface area contributed by atoms with Crippen molar-refractivity contribution in [2.75, 3.05) is 0 Å². The molecular formula is C13H20Cl2N2O. The third kappa shape index (κ3) is 4.84. The number of nitrogens with zero attached hydrogens (tertiary/aromatic N) is 1. The number of aryl methyl sites for hydroxylation is 1. The fourth-order valence-corrected chi connectivity index (χ4v) is 1.33. The summed E-state index contributed by atoms with van der Waals surface area (Å²) in [6.45, 7) is 7.81. The molecule has 0 spiro atoms. The lowest BCUT2D eigenvalue weighted by Crippen LogP contribution is -2.46. The average molecular weight is 291 g/mol. The van der Waals surface area contributed by atoms with Crippen LogP contribution in [0.5, 0.6) is 0 Å². The summed E-state index contributed by atoms with van der Waals surface area (Å²) in [6.07, 6.45) is 0.908. The molecule has 0 saturated heterocycles. The molecule has 0 atom stereocenters. The molecular weight excluding hydrogens is 271 g/mol. The van der Waals surface area contributed by atoms with Crippen molar-refractivity contribution < 1.29 is 4.79 Å². The summed E-state index contributed by atoms with van der Waals surface area (Å²) in [7, 11) is 0. The Bertz CT molecular complexity index is 402. The van der Waals surface area contributed by atoms with Crippen molar-refractivity contribution in [1.29, 1.82) is 0 Å². The van der Waals surface area contributed by atoms with Crippen LogP contribution in [0.25, 0.3) is 0 Å². The van der Waals surface area contributed by atoms with E-state index in [1.165, 1.54) is 4.53 Å². The first-order valence-corrected chi connectivity index (χ1v) is 6.04. The smallest absolute Gasteiger partial charge is 0.266 e. The molecule has 0 aliphatic rings. The summed E-state index contributed by atoms with van der Waals surface area (Å²) in [4.78, 5) is 11.9. The van der Waals surface area contributed by atoms with E-state index in [4.69, 9.17) is 11.8 Å². The number of halogens is 2. The lowest BCUT2D eigenvalue weighted by molar-refractivity contribution is 0.0806. The van der Waals surface area contributed by atoms with Gasteiger partial charge in [-0.2, -0.15) is 0 Å². The number of hydrogen-bond donors (Lipinski definition) is 1. The minimum absolute atomic E-state index is 0. The van der Waals surface area contributed by atoms with E-state index in [0.717, 1.165) is 12.0 Å². The third-order valence-electron chi connectivity index (χ3n) is 2.39. The van der Waals surface area contributed by atoms with E-state index >= 15 is 0 Å². The Morgan fingerprint density at radius 2 is 2.00 bits per heavy atom. The standard InChI is InChI=1S/C13H19ClN2O.ClH/c1-5-10-7-6-8-11(9-10)12(17)15-16(14)13(2,3)4;/h6-9H,5H2,1-4H3,(H,15,17);1H. The normalized spacial score (nSPS) is 11.0. The molecule has 102 valence electrons. The maximum atomic E-state index is 11.9. The maximum Gasteiger partial charge on any atom is 0.266 e. The van der Waals surface area contributed by atoms with Crippen molar-refractivity contribution in [2.45, 2.75) is 39.7 Å². The average Bonchev–Trinajstić information content (AvgIpc) is 2.27. The first kappa shape index (κ1) is 17.2. The van der Waals surface area contributed by atoms with Gasteiger partial charge in [-0.1, -0.05) is 19.1 Å². The minimum Gasteiger partial charge on any atom is -0.270 e. The summed E-state index contributed by atoms with van der Waals surface area (Å²) in [5.74, 6) is -0.190. The molecule has 0 bridgehead atoms. The SMILES string of the molecule is CCc1cccc(C(=O)NN(Cl)C(C)(C)C)c1.Cl. The summed E-state index contributed by atoms with van der Waals surface area (Å²) in [5, 5.41) is 0. The second kappa shape index (κ2) is 6.98. The highest BCUT2D eigenvalue weighted by atomic mass is 35.5. The van der Waals surface area contributed by atoms with Gasteiger partial charge in [-0.05, 0) is 44.9 Å². The topological polar surface area (TPSA) is 32.3 Å². The quantitative estimate of drug-likeness (QED) is 0.682. The number of carbonyl (C=O) groups is 1. The zero-order valence-corrected chi connectivity index (χ0v) is 12.7. The van der Waals surface area contributed by atoms with E-state index in [1.54, 1.807) is 6.07 Å². The maximum absolute atomic E-state index is 11.9. The van der Waals surface area contributed by atoms with Gasteiger partial charge in [0.05, 0.1) is 0 Å². The first-order chi connectivity index (χ1) is 7.84. The molecule has 0 unspecified atom stereocenters. The van der Waals surface area contributed by atoms with Crippen LogP contribution in [0.4, 0.5) is 0 Å². The number of amides is 1. The Kier molecular flexibility index (Phi) is 6.68. The molecule has 0 fully saturated rings. The summed E-state index contributed by atoms with van der Waals surface area (Å²) < 4.78 is 1.30. The molecule has 0 aliphatic heterocycles. The molecule has 1 amide bonds. The lowest BCUT2D eigenvalue weighted by Gasteiger charge is -2.28. The molecule has 1 N–H and O–H groups in total. The van der Waals surface area contributed by atoms with Crippen LogP contribution in [0, 0.1) is 0 Å². The van der Waals surface area contributed by atoms with Gasteiger partial charge in [-0.15, -0.1) is 16.9 Å². The van der Waals surface area contributed by atoms with Crippen molar-refractivity contribution in [3.63, 3.8) is 0 Å². The second-order valence-electron chi connectivity index (χ2n) is 4.95. The third-order valence-corrected chi connectivity index (χ3v) is 2.98. The van der Waals surface area contributed by atoms with Crippen molar-refractivity contribution in [3.05, 3.63) is 35.4 Å². The highest BCUT2D eigenvalue weighted by molar-refractivity contribution is 6.14. The monoisotopic (exact) mass is 290 g/mol. The Balaban J connectivity index is 0.00000289. The lowest BCUT2D eigenvalue weighted by atomic mass is 10.1. The van der Waals surface area contributed by atoms with Crippen LogP contribution in [-0.4, -0.2) is 16.0 Å². The Morgan fingerprint density at radius 1 is 1.39 bits per heavy atom. The Labute approximate surface area is 120 Å². The number of nitrogens with one attached hydrogen (secondary N) is 1. The molecule has 1 rings (SSSR count). The summed E-state index contributed by atoms with van der Waals surface area (Å²) >= 11 is 5.98. The molecule has 5 heteroatoms. The molecule has 0 saturated carbocycles. The second-order valence-corrected chi connectivity index (χ2v) is 5.28. The van der Waals surface area contributed by atoms with Crippen LogP contribution < -0.4 is 5.43 Å². The zero-order valence-electron chi connectivity index (χ0n) is 11.2. The first-order valence-electron chi connectivity index (χ1n) is 5.70. The van der Waals surface area contributed by atoms with E-state index in [-0.39, 0.29) is 23.9 Å². The van der Waals surface area contributed by atoms with Crippen LogP contribution in [0.15, 0.2) is 24.3 Å². The van der Waals surface area contributed by atoms with Crippen molar-refractivity contribution >= 4 is 30.1 Å². The number of hydrogen-bond acceptors (Lipinski definition) is 2. The van der Waals surface area contributed by atoms with Crippen LogP contribution in [0.3, 0.4) is 0 Å². The molecule has 1 aromatic rings. The Morgan fingerprint density at radius 3 is 2.50 bits per heavy atom. The van der Waals surface area contributed by atoms with E-state index in [0.29, 0.717) is 5.56 Å². The highest BCUT2D eigenvalue weighted by Crippen LogP contribution is 2.14. The molecule has 0 aromatic heterocycles. The van der Waals surface area contributed by atoms with E-state index in [1.807, 2.05) is 39.0 Å². The molecule has 0 radical (unpaired) electrons. The fourth-order valence-electron chi connectivity index (χ4n) is 1.25. The zero-order chi connectivity index (χ0) is 13.1. The van der Waals surface area contributed by atoms with Gasteiger partial charge in [0.1, 0.15) is 0 Å². The molecule has 1 aromatic carbocycles. The number of benzene rings is 1. The molecule has 3 nitrogen and oxygen atoms in total. The largest absolute Gasteiger partial charge is 0.270 e. The summed E-state index contributed by atoms with van der Waals surface area (Å²) in [6, 6.07) is 7.53. The summed E-state index contributed by atoms with van der Waals surface area (Å²) in [5.41, 5.74) is 4.09. The van der Waals surface area contributed by atoms with Gasteiger partial charge in [-0.3, -0.25) is 10.2 Å². The van der Waals surface area contributed by atoms with Gasteiger partial charge >= 0.3 is 0 Å². The van der Waals surface area contributed by atoms with Gasteiger partial charge in [0.25, 0.3) is 5.91 Å². The number of hydrazine groups is 1. The predicted molar refractivity (Wildman–Crippen MR) is 78.0 cm³/mol. The van der Waals surface area contributed by atoms with Crippen LogP contribution in [0.2, 0.25) is 0 Å². The van der Waals surface area contributed by atoms with Gasteiger partial charge < -0.3 is 0 Å². The molecule has 0 heterocycles. The fraction of sp³-hybridized carbons (Fsp3) is 0.462. The van der Waals surface area contributed by atoms with Crippen LogP contribution >= 0.6 is 24.2 Å². The molecule has 18 heavy (non-hydrogen) atoms. The molecule has 0 aliphatic carbocycles. The Hall–Kier alpha value is -0.770. The highest BCUT2D eigenvalue weighted by Gasteiger charge is 2.21. The van der Waals surface area contributed by atoms with Crippen molar-refractivity contribution in [3.8, 4) is 0 Å². The van der Waals surface area contributed by atoms with Crippen molar-refractivity contribution in [1.82, 2.24) is 9.95 Å². The van der Waals surface area contributed by atoms with Crippen LogP contribution in [0.1, 0.15) is 43.6 Å². The van der Waals surface area contributed by atoms with E-state index in [9.17, 15) is 4.79 Å². The van der Waals surface area contributed by atoms with Crippen molar-refractivity contribution in [2.24, 2.45) is 0 Å². The minimum atomic E-state index is -0.320. The van der Waals surface area contributed by atoms with Crippen LogP contribution in [-0.2, 0) is 6.42 Å². The number of rotatable bonds is 3. The van der Waals surface area contributed by atoms with Gasteiger partial charge in [0, 0.05) is 22.9 Å². The van der Waals surface area contributed by atoms with Gasteiger partial charge in [0.15, 0.2) is 0 Å². The van der Waals surface area contributed by atoms with Gasteiger partial charge in [0.2, 0.25) is 0 Å². The van der Waals surface area contributed by atoms with Gasteiger partial charge in [-0.25, -0.2) is 0 Å². The number of carbonyl (C=O) groups excluding carboxylic acids is 1. The van der Waals surface area contributed by atoms with E-state index in [2.05, 4.69) is 12.3 Å². The van der Waals surface area contributed by atoms with E-state index < -0.39 is 0 Å².